The standard InChI is InChI=1S/C15H14F2O/c1-10(2)11-3-8-15(14(17)9-11)18-13-6-4-12(16)5-7-13/h3-10H,1-2H3. The van der Waals surface area contributed by atoms with Crippen LogP contribution in [0.15, 0.2) is 42.5 Å². The third-order valence-electron chi connectivity index (χ3n) is 2.66. The molecule has 0 bridgehead atoms. The molecule has 0 atom stereocenters. The summed E-state index contributed by atoms with van der Waals surface area (Å²) >= 11 is 0. The Morgan fingerprint density at radius 2 is 1.61 bits per heavy atom. The van der Waals surface area contributed by atoms with Crippen LogP contribution in [0.1, 0.15) is 25.3 Å². The molecule has 0 aliphatic rings. The first kappa shape index (κ1) is 12.6. The summed E-state index contributed by atoms with van der Waals surface area (Å²) in [6.45, 7) is 3.99. The third-order valence-corrected chi connectivity index (χ3v) is 2.66. The molecule has 0 fully saturated rings. The van der Waals surface area contributed by atoms with Crippen LogP contribution >= 0.6 is 0 Å². The Morgan fingerprint density at radius 3 is 2.17 bits per heavy atom. The van der Waals surface area contributed by atoms with E-state index < -0.39 is 5.82 Å². The normalized spacial score (nSPS) is 10.7. The zero-order valence-electron chi connectivity index (χ0n) is 10.3. The highest BCUT2D eigenvalue weighted by Gasteiger charge is 2.08. The first-order valence-corrected chi connectivity index (χ1v) is 5.79. The average molecular weight is 248 g/mol. The second-order valence-electron chi connectivity index (χ2n) is 4.40. The van der Waals surface area contributed by atoms with E-state index in [2.05, 4.69) is 0 Å². The summed E-state index contributed by atoms with van der Waals surface area (Å²) in [7, 11) is 0. The maximum Gasteiger partial charge on any atom is 0.166 e. The summed E-state index contributed by atoms with van der Waals surface area (Å²) in [6.07, 6.45) is 0. The lowest BCUT2D eigenvalue weighted by Gasteiger charge is -2.10. The van der Waals surface area contributed by atoms with E-state index in [4.69, 9.17) is 4.74 Å². The smallest absolute Gasteiger partial charge is 0.166 e. The van der Waals surface area contributed by atoms with Crippen LogP contribution in [0.3, 0.4) is 0 Å². The maximum absolute atomic E-state index is 13.8. The molecule has 94 valence electrons. The molecule has 3 heteroatoms. The maximum atomic E-state index is 13.8. The van der Waals surface area contributed by atoms with Gasteiger partial charge in [-0.15, -0.1) is 0 Å². The van der Waals surface area contributed by atoms with E-state index in [9.17, 15) is 8.78 Å². The molecule has 0 saturated heterocycles. The Morgan fingerprint density at radius 1 is 0.944 bits per heavy atom. The van der Waals surface area contributed by atoms with Gasteiger partial charge < -0.3 is 4.74 Å². The van der Waals surface area contributed by atoms with Gasteiger partial charge in [0.25, 0.3) is 0 Å². The zero-order chi connectivity index (χ0) is 13.1. The Balaban J connectivity index is 2.22. The van der Waals surface area contributed by atoms with Gasteiger partial charge in [-0.05, 0) is 47.9 Å². The number of hydrogen-bond donors (Lipinski definition) is 0. The predicted molar refractivity (Wildman–Crippen MR) is 67.0 cm³/mol. The van der Waals surface area contributed by atoms with Gasteiger partial charge in [0.2, 0.25) is 0 Å². The van der Waals surface area contributed by atoms with Crippen molar-refractivity contribution < 1.29 is 13.5 Å². The molecule has 0 heterocycles. The van der Waals surface area contributed by atoms with Crippen LogP contribution in [0, 0.1) is 11.6 Å². The molecule has 0 unspecified atom stereocenters. The van der Waals surface area contributed by atoms with E-state index in [1.165, 1.54) is 30.3 Å². The summed E-state index contributed by atoms with van der Waals surface area (Å²) in [6, 6.07) is 10.4. The van der Waals surface area contributed by atoms with Crippen molar-refractivity contribution in [2.24, 2.45) is 0 Å². The second-order valence-corrected chi connectivity index (χ2v) is 4.40. The van der Waals surface area contributed by atoms with Gasteiger partial charge in [0.05, 0.1) is 0 Å². The van der Waals surface area contributed by atoms with Gasteiger partial charge in [-0.25, -0.2) is 8.78 Å². The van der Waals surface area contributed by atoms with E-state index in [1.807, 2.05) is 19.9 Å². The van der Waals surface area contributed by atoms with Gasteiger partial charge in [0, 0.05) is 0 Å². The largest absolute Gasteiger partial charge is 0.454 e. The van der Waals surface area contributed by atoms with Crippen LogP contribution in [0.25, 0.3) is 0 Å². The first-order valence-electron chi connectivity index (χ1n) is 5.79. The molecule has 0 N–H and O–H groups in total. The minimum atomic E-state index is -0.412. The summed E-state index contributed by atoms with van der Waals surface area (Å²) in [5.41, 5.74) is 0.916. The van der Waals surface area contributed by atoms with Crippen molar-refractivity contribution in [1.29, 1.82) is 0 Å². The first-order chi connectivity index (χ1) is 8.56. The fourth-order valence-electron chi connectivity index (χ4n) is 1.59. The predicted octanol–water partition coefficient (Wildman–Crippen LogP) is 4.88. The molecular weight excluding hydrogens is 234 g/mol. The lowest BCUT2D eigenvalue weighted by molar-refractivity contribution is 0.440. The molecule has 0 saturated carbocycles. The van der Waals surface area contributed by atoms with Gasteiger partial charge in [-0.2, -0.15) is 0 Å². The van der Waals surface area contributed by atoms with E-state index in [0.29, 0.717) is 5.75 Å². The van der Waals surface area contributed by atoms with E-state index >= 15 is 0 Å². The van der Waals surface area contributed by atoms with Crippen LogP contribution in [0.2, 0.25) is 0 Å². The van der Waals surface area contributed by atoms with Crippen LogP contribution in [-0.4, -0.2) is 0 Å². The Hall–Kier alpha value is -1.90. The monoisotopic (exact) mass is 248 g/mol. The number of halogens is 2. The number of benzene rings is 2. The summed E-state index contributed by atoms with van der Waals surface area (Å²) in [5, 5.41) is 0. The molecule has 0 aliphatic carbocycles. The molecule has 0 aliphatic heterocycles. The third kappa shape index (κ3) is 2.86. The zero-order valence-corrected chi connectivity index (χ0v) is 10.3. The average Bonchev–Trinajstić information content (AvgIpc) is 2.34. The van der Waals surface area contributed by atoms with Crippen molar-refractivity contribution in [3.63, 3.8) is 0 Å². The van der Waals surface area contributed by atoms with Gasteiger partial charge in [0.1, 0.15) is 11.6 Å². The fourth-order valence-corrected chi connectivity index (χ4v) is 1.59. The highest BCUT2D eigenvalue weighted by Crippen LogP contribution is 2.27. The van der Waals surface area contributed by atoms with Gasteiger partial charge in [0.15, 0.2) is 11.6 Å². The summed E-state index contributed by atoms with van der Waals surface area (Å²) in [5.74, 6) is 0.0569. The molecule has 2 aromatic carbocycles. The van der Waals surface area contributed by atoms with E-state index in [0.717, 1.165) is 5.56 Å². The molecular formula is C15H14F2O. The fraction of sp³-hybridized carbons (Fsp3) is 0.200. The van der Waals surface area contributed by atoms with Crippen molar-refractivity contribution >= 4 is 0 Å². The molecule has 2 rings (SSSR count). The van der Waals surface area contributed by atoms with Crippen molar-refractivity contribution in [3.8, 4) is 11.5 Å². The molecule has 0 spiro atoms. The van der Waals surface area contributed by atoms with Crippen LogP contribution in [-0.2, 0) is 0 Å². The van der Waals surface area contributed by atoms with Gasteiger partial charge >= 0.3 is 0 Å². The minimum Gasteiger partial charge on any atom is -0.454 e. The molecule has 2 aromatic rings. The number of hydrogen-bond acceptors (Lipinski definition) is 1. The number of rotatable bonds is 3. The van der Waals surface area contributed by atoms with Crippen LogP contribution in [0.4, 0.5) is 8.78 Å². The van der Waals surface area contributed by atoms with Crippen molar-refractivity contribution in [2.75, 3.05) is 0 Å². The molecule has 0 radical (unpaired) electrons. The molecule has 1 nitrogen and oxygen atoms in total. The highest BCUT2D eigenvalue weighted by molar-refractivity contribution is 5.35. The Bertz CT molecular complexity index is 533. The summed E-state index contributed by atoms with van der Waals surface area (Å²) < 4.78 is 31.9. The van der Waals surface area contributed by atoms with Crippen LogP contribution < -0.4 is 4.74 Å². The van der Waals surface area contributed by atoms with Crippen molar-refractivity contribution in [3.05, 3.63) is 59.7 Å². The van der Waals surface area contributed by atoms with Crippen molar-refractivity contribution in [1.82, 2.24) is 0 Å². The number of ether oxygens (including phenoxy) is 1. The topological polar surface area (TPSA) is 9.23 Å². The highest BCUT2D eigenvalue weighted by atomic mass is 19.1. The molecule has 18 heavy (non-hydrogen) atoms. The van der Waals surface area contributed by atoms with E-state index in [1.54, 1.807) is 6.07 Å². The molecule has 0 amide bonds. The Kier molecular flexibility index (Phi) is 3.60. The lowest BCUT2D eigenvalue weighted by Crippen LogP contribution is -1.92. The van der Waals surface area contributed by atoms with E-state index in [-0.39, 0.29) is 17.5 Å². The molecule has 0 aromatic heterocycles. The summed E-state index contributed by atoms with van der Waals surface area (Å²) in [4.78, 5) is 0. The van der Waals surface area contributed by atoms with Crippen LogP contribution in [0.5, 0.6) is 11.5 Å². The minimum absolute atomic E-state index is 0.144. The quantitative estimate of drug-likeness (QED) is 0.752. The van der Waals surface area contributed by atoms with Gasteiger partial charge in [-0.1, -0.05) is 19.9 Å². The lowest BCUT2D eigenvalue weighted by atomic mass is 10.0. The van der Waals surface area contributed by atoms with Gasteiger partial charge in [-0.3, -0.25) is 0 Å². The SMILES string of the molecule is CC(C)c1ccc(Oc2ccc(F)cc2)c(F)c1. The second kappa shape index (κ2) is 5.17. The van der Waals surface area contributed by atoms with Crippen molar-refractivity contribution in [2.45, 2.75) is 19.8 Å². The Labute approximate surface area is 105 Å².